The van der Waals surface area contributed by atoms with Gasteiger partial charge in [0.05, 0.1) is 22.6 Å². The Kier molecular flexibility index (Phi) is 5.84. The number of nitrogens with zero attached hydrogens (tertiary/aromatic N) is 2. The number of aromatic nitrogens is 3. The van der Waals surface area contributed by atoms with Gasteiger partial charge in [-0.2, -0.15) is 0 Å². The van der Waals surface area contributed by atoms with Crippen LogP contribution in [0.2, 0.25) is 0 Å². The van der Waals surface area contributed by atoms with Crippen molar-refractivity contribution < 1.29 is 0 Å². The third-order valence-electron chi connectivity index (χ3n) is 7.23. The average molecular weight is 482 g/mol. The summed E-state index contributed by atoms with van der Waals surface area (Å²) in [5, 5.41) is 2.44. The summed E-state index contributed by atoms with van der Waals surface area (Å²) in [7, 11) is 0. The standard InChI is InChI=1S/C34H31N3/c1-21(2)24-12-9-13-25(22(3)4)33(24)23-19-31(36-32(20-23)30-17-7-8-18-35-30)28-15-10-14-27-26-11-5-6-16-29(26)37-34(27)28/h5-22,37H,1-4H3. The average Bonchev–Trinajstić information content (AvgIpc) is 3.31. The highest BCUT2D eigenvalue weighted by Crippen LogP contribution is 2.40. The van der Waals surface area contributed by atoms with Gasteiger partial charge in [0.2, 0.25) is 0 Å². The van der Waals surface area contributed by atoms with E-state index in [1.807, 2.05) is 24.4 Å². The number of H-pyrrole nitrogens is 1. The van der Waals surface area contributed by atoms with Crippen LogP contribution in [0.15, 0.2) is 97.2 Å². The Hall–Kier alpha value is -4.24. The number of para-hydroxylation sites is 2. The van der Waals surface area contributed by atoms with E-state index in [2.05, 4.69) is 110 Å². The zero-order valence-electron chi connectivity index (χ0n) is 21.8. The summed E-state index contributed by atoms with van der Waals surface area (Å²) in [5.41, 5.74) is 11.3. The fourth-order valence-corrected chi connectivity index (χ4v) is 5.43. The lowest BCUT2D eigenvalue weighted by atomic mass is 9.84. The van der Waals surface area contributed by atoms with Crippen LogP contribution in [-0.2, 0) is 0 Å². The number of fused-ring (bicyclic) bond motifs is 3. The molecule has 6 aromatic rings. The predicted molar refractivity (Wildman–Crippen MR) is 156 cm³/mol. The van der Waals surface area contributed by atoms with Gasteiger partial charge in [-0.1, -0.05) is 88.4 Å². The van der Waals surface area contributed by atoms with Crippen molar-refractivity contribution in [3.05, 3.63) is 108 Å². The zero-order chi connectivity index (χ0) is 25.5. The predicted octanol–water partition coefficient (Wildman–Crippen LogP) is 9.36. The van der Waals surface area contributed by atoms with Gasteiger partial charge in [-0.05, 0) is 64.4 Å². The number of rotatable bonds is 5. The highest BCUT2D eigenvalue weighted by atomic mass is 14.8. The second-order valence-corrected chi connectivity index (χ2v) is 10.4. The molecule has 3 aromatic carbocycles. The fourth-order valence-electron chi connectivity index (χ4n) is 5.43. The molecule has 0 bridgehead atoms. The molecule has 0 atom stereocenters. The summed E-state index contributed by atoms with van der Waals surface area (Å²) in [6, 6.07) is 32.2. The molecule has 3 heteroatoms. The van der Waals surface area contributed by atoms with Crippen molar-refractivity contribution in [3.8, 4) is 33.8 Å². The molecule has 0 aliphatic rings. The van der Waals surface area contributed by atoms with Crippen LogP contribution in [0.25, 0.3) is 55.6 Å². The van der Waals surface area contributed by atoms with Gasteiger partial charge in [0.1, 0.15) is 0 Å². The Balaban J connectivity index is 1.67. The molecule has 3 aromatic heterocycles. The van der Waals surface area contributed by atoms with Crippen molar-refractivity contribution in [3.63, 3.8) is 0 Å². The topological polar surface area (TPSA) is 41.6 Å². The number of hydrogen-bond donors (Lipinski definition) is 1. The lowest BCUT2D eigenvalue weighted by Crippen LogP contribution is -2.01. The van der Waals surface area contributed by atoms with Crippen molar-refractivity contribution in [1.82, 2.24) is 15.0 Å². The molecule has 0 aliphatic heterocycles. The summed E-state index contributed by atoms with van der Waals surface area (Å²) in [6.45, 7) is 9.09. The SMILES string of the molecule is CC(C)c1cccc(C(C)C)c1-c1cc(-c2ccccn2)nc(-c2cccc3c2[nH]c2ccccc23)c1. The molecule has 3 heterocycles. The van der Waals surface area contributed by atoms with E-state index in [9.17, 15) is 0 Å². The number of benzene rings is 3. The van der Waals surface area contributed by atoms with E-state index >= 15 is 0 Å². The van der Waals surface area contributed by atoms with Crippen molar-refractivity contribution >= 4 is 21.8 Å². The summed E-state index contributed by atoms with van der Waals surface area (Å²) in [4.78, 5) is 13.5. The first kappa shape index (κ1) is 23.2. The molecule has 37 heavy (non-hydrogen) atoms. The monoisotopic (exact) mass is 481 g/mol. The Bertz CT molecular complexity index is 1700. The van der Waals surface area contributed by atoms with E-state index in [1.54, 1.807) is 0 Å². The van der Waals surface area contributed by atoms with Crippen LogP contribution in [-0.4, -0.2) is 15.0 Å². The van der Waals surface area contributed by atoms with Crippen LogP contribution in [0, 0.1) is 0 Å². The van der Waals surface area contributed by atoms with Crippen molar-refractivity contribution in [2.75, 3.05) is 0 Å². The van der Waals surface area contributed by atoms with Gasteiger partial charge in [-0.25, -0.2) is 4.98 Å². The molecule has 0 saturated heterocycles. The van der Waals surface area contributed by atoms with Gasteiger partial charge in [-0.15, -0.1) is 0 Å². The number of aromatic amines is 1. The molecule has 0 unspecified atom stereocenters. The van der Waals surface area contributed by atoms with Crippen LogP contribution < -0.4 is 0 Å². The van der Waals surface area contributed by atoms with Crippen molar-refractivity contribution in [2.45, 2.75) is 39.5 Å². The Morgan fingerprint density at radius 2 is 1.30 bits per heavy atom. The van der Waals surface area contributed by atoms with E-state index in [0.29, 0.717) is 11.8 Å². The van der Waals surface area contributed by atoms with Crippen molar-refractivity contribution in [2.24, 2.45) is 0 Å². The highest BCUT2D eigenvalue weighted by molar-refractivity contribution is 6.11. The van der Waals surface area contributed by atoms with Crippen LogP contribution >= 0.6 is 0 Å². The molecular weight excluding hydrogens is 450 g/mol. The van der Waals surface area contributed by atoms with E-state index in [0.717, 1.165) is 33.7 Å². The Morgan fingerprint density at radius 1 is 0.622 bits per heavy atom. The normalized spacial score (nSPS) is 11.7. The minimum atomic E-state index is 0.403. The van der Waals surface area contributed by atoms with Gasteiger partial charge < -0.3 is 4.98 Å². The molecule has 182 valence electrons. The molecule has 0 spiro atoms. The van der Waals surface area contributed by atoms with Gasteiger partial charge >= 0.3 is 0 Å². The minimum absolute atomic E-state index is 0.403. The summed E-state index contributed by atoms with van der Waals surface area (Å²) < 4.78 is 0. The Labute approximate surface area is 218 Å². The van der Waals surface area contributed by atoms with Crippen LogP contribution in [0.1, 0.15) is 50.7 Å². The van der Waals surface area contributed by atoms with Crippen LogP contribution in [0.4, 0.5) is 0 Å². The molecule has 0 saturated carbocycles. The lowest BCUT2D eigenvalue weighted by Gasteiger charge is -2.21. The van der Waals surface area contributed by atoms with E-state index in [1.165, 1.54) is 33.0 Å². The molecule has 6 rings (SSSR count). The number of hydrogen-bond acceptors (Lipinski definition) is 2. The first-order valence-corrected chi connectivity index (χ1v) is 13.1. The Morgan fingerprint density at radius 3 is 2.03 bits per heavy atom. The first-order valence-electron chi connectivity index (χ1n) is 13.1. The molecule has 1 N–H and O–H groups in total. The smallest absolute Gasteiger partial charge is 0.0899 e. The fraction of sp³-hybridized carbons (Fsp3) is 0.176. The maximum atomic E-state index is 5.19. The molecule has 3 nitrogen and oxygen atoms in total. The molecule has 0 amide bonds. The van der Waals surface area contributed by atoms with Gasteiger partial charge in [0, 0.05) is 28.0 Å². The van der Waals surface area contributed by atoms with E-state index < -0.39 is 0 Å². The molecule has 0 fully saturated rings. The number of nitrogens with one attached hydrogen (secondary N) is 1. The second-order valence-electron chi connectivity index (χ2n) is 10.4. The largest absolute Gasteiger partial charge is 0.354 e. The maximum Gasteiger partial charge on any atom is 0.0899 e. The van der Waals surface area contributed by atoms with E-state index in [-0.39, 0.29) is 0 Å². The first-order chi connectivity index (χ1) is 18.0. The summed E-state index contributed by atoms with van der Waals surface area (Å²) in [5.74, 6) is 0.807. The molecule has 0 aliphatic carbocycles. The van der Waals surface area contributed by atoms with Gasteiger partial charge in [0.15, 0.2) is 0 Å². The van der Waals surface area contributed by atoms with Gasteiger partial charge in [-0.3, -0.25) is 4.98 Å². The van der Waals surface area contributed by atoms with Crippen molar-refractivity contribution in [1.29, 1.82) is 0 Å². The van der Waals surface area contributed by atoms with E-state index in [4.69, 9.17) is 4.98 Å². The second kappa shape index (κ2) is 9.33. The van der Waals surface area contributed by atoms with Crippen LogP contribution in [0.5, 0.6) is 0 Å². The third kappa shape index (κ3) is 4.11. The van der Waals surface area contributed by atoms with Gasteiger partial charge in [0.25, 0.3) is 0 Å². The third-order valence-corrected chi connectivity index (χ3v) is 7.23. The molecule has 0 radical (unpaired) electrons. The summed E-state index contributed by atoms with van der Waals surface area (Å²) >= 11 is 0. The van der Waals surface area contributed by atoms with Crippen LogP contribution in [0.3, 0.4) is 0 Å². The zero-order valence-corrected chi connectivity index (χ0v) is 21.8. The maximum absolute atomic E-state index is 5.19. The lowest BCUT2D eigenvalue weighted by molar-refractivity contribution is 0.838. The molecular formula is C34H31N3. The summed E-state index contributed by atoms with van der Waals surface area (Å²) in [6.07, 6.45) is 1.84. The number of pyridine rings is 2. The minimum Gasteiger partial charge on any atom is -0.354 e. The quantitative estimate of drug-likeness (QED) is 0.266. The highest BCUT2D eigenvalue weighted by Gasteiger charge is 2.19.